The van der Waals surface area contributed by atoms with Gasteiger partial charge >= 0.3 is 11.9 Å². The maximum Gasteiger partial charge on any atom is 0.348 e. The fourth-order valence-electron chi connectivity index (χ4n) is 12.4. The predicted molar refractivity (Wildman–Crippen MR) is 200 cm³/mol. The lowest BCUT2D eigenvalue weighted by Gasteiger charge is -2.64. The third kappa shape index (κ3) is 8.01. The van der Waals surface area contributed by atoms with Gasteiger partial charge in [0.05, 0.1) is 30.8 Å². The van der Waals surface area contributed by atoms with E-state index in [1.165, 1.54) is 0 Å². The molecule has 1 spiro atoms. The van der Waals surface area contributed by atoms with Gasteiger partial charge in [0.2, 0.25) is 0 Å². The molecule has 4 aliphatic carbocycles. The average molecular weight is 881 g/mol. The van der Waals surface area contributed by atoms with Crippen molar-refractivity contribution in [3.8, 4) is 0 Å². The molecule has 16 unspecified atom stereocenters. The predicted octanol–water partition coefficient (Wildman–Crippen LogP) is -4.28. The van der Waals surface area contributed by atoms with Crippen LogP contribution in [0, 0.1) is 28.1 Å². The van der Waals surface area contributed by atoms with Gasteiger partial charge in [0.15, 0.2) is 18.9 Å². The van der Waals surface area contributed by atoms with Crippen LogP contribution in [0.25, 0.3) is 0 Å². The van der Waals surface area contributed by atoms with Crippen LogP contribution in [0.1, 0.15) is 71.6 Å². The Morgan fingerprint density at radius 3 is 1.77 bits per heavy atom. The van der Waals surface area contributed by atoms with E-state index in [1.807, 2.05) is 0 Å². The van der Waals surface area contributed by atoms with Gasteiger partial charge in [-0.3, -0.25) is 4.79 Å². The highest BCUT2D eigenvalue weighted by Gasteiger charge is 2.69. The quantitative estimate of drug-likeness (QED) is 0.0382. The van der Waals surface area contributed by atoms with Crippen molar-refractivity contribution >= 4 is 5.97 Å². The van der Waals surface area contributed by atoms with Crippen molar-refractivity contribution in [3.63, 3.8) is 0 Å². The van der Waals surface area contributed by atoms with Crippen LogP contribution < -0.4 is 0 Å². The molecule has 0 aromatic carbocycles. The molecule has 3 aliphatic heterocycles. The van der Waals surface area contributed by atoms with Gasteiger partial charge in [0, 0.05) is 0 Å². The minimum atomic E-state index is -3.02. The summed E-state index contributed by atoms with van der Waals surface area (Å²) in [6, 6.07) is 0. The number of aliphatic hydroxyl groups is 13. The highest BCUT2D eigenvalue weighted by atomic mass is 16.8. The molecule has 3 heterocycles. The van der Waals surface area contributed by atoms with Crippen LogP contribution in [0.15, 0.2) is 12.2 Å². The molecule has 0 amide bonds. The second-order valence-electron chi connectivity index (χ2n) is 19.0. The summed E-state index contributed by atoms with van der Waals surface area (Å²) in [5, 5.41) is 135. The van der Waals surface area contributed by atoms with Gasteiger partial charge in [-0.05, 0) is 86.5 Å². The number of carbonyl (C=O) groups is 1. The monoisotopic (exact) mass is 880 g/mol. The number of esters is 1. The van der Waals surface area contributed by atoms with Crippen molar-refractivity contribution in [2.75, 3.05) is 26.4 Å². The van der Waals surface area contributed by atoms with Crippen LogP contribution in [-0.2, 0) is 38.0 Å². The fraction of sp³-hybridized carbons (Fsp3) is 0.925. The van der Waals surface area contributed by atoms with E-state index in [4.69, 9.17) is 33.2 Å². The molecule has 61 heavy (non-hydrogen) atoms. The fourth-order valence-corrected chi connectivity index (χ4v) is 12.4. The normalized spacial score (nSPS) is 51.4. The Morgan fingerprint density at radius 2 is 1.21 bits per heavy atom. The van der Waals surface area contributed by atoms with E-state index in [2.05, 4.69) is 13.5 Å². The van der Waals surface area contributed by atoms with Gasteiger partial charge in [-0.1, -0.05) is 19.9 Å². The summed E-state index contributed by atoms with van der Waals surface area (Å²) in [5.74, 6) is -4.00. The molecule has 0 radical (unpaired) electrons. The third-order valence-electron chi connectivity index (χ3n) is 15.5. The zero-order valence-electron chi connectivity index (χ0n) is 34.3. The van der Waals surface area contributed by atoms with Crippen molar-refractivity contribution in [1.82, 2.24) is 0 Å². The molecule has 21 nitrogen and oxygen atoms in total. The van der Waals surface area contributed by atoms with Crippen LogP contribution in [0.5, 0.6) is 0 Å². The maximum absolute atomic E-state index is 13.6. The lowest BCUT2D eigenvalue weighted by atomic mass is 9.41. The molecular formula is C40H64O21. The Kier molecular flexibility index (Phi) is 13.5. The molecule has 7 fully saturated rings. The van der Waals surface area contributed by atoms with Crippen molar-refractivity contribution in [1.29, 1.82) is 0 Å². The largest absolute Gasteiger partial charge is 0.406 e. The van der Waals surface area contributed by atoms with Gasteiger partial charge in [-0.25, -0.2) is 0 Å². The van der Waals surface area contributed by atoms with Crippen LogP contribution in [0.2, 0.25) is 0 Å². The van der Waals surface area contributed by atoms with Gasteiger partial charge in [0.25, 0.3) is 0 Å². The molecule has 7 rings (SSSR count). The van der Waals surface area contributed by atoms with Crippen molar-refractivity contribution in [2.24, 2.45) is 28.1 Å². The molecule has 0 aromatic heterocycles. The zero-order chi connectivity index (χ0) is 44.6. The number of rotatable bonds is 12. The third-order valence-corrected chi connectivity index (χ3v) is 15.5. The van der Waals surface area contributed by atoms with Crippen LogP contribution in [0.3, 0.4) is 0 Å². The minimum absolute atomic E-state index is 0.0377. The zero-order valence-corrected chi connectivity index (χ0v) is 34.3. The standard InChI is InChI=1S/C40H64O21/c1-17-11-38-9-5-21-36(2,7-4-8-37(21,3)35(52)61-40(53,54)16-44)22(38)6-10-39(17,15-38)60-34-31(59-33-29(51)27(49)24(46)19(13-42)56-33)30(25(47)20(14-43)57-34)58-32-28(50)26(48)23(45)18(12-41)55-32/h18-34,41-51,53-54H,1,4-16H2,2-3H3/t18?,19?,20?,21?,22-,23?,24?,25?,26?,27?,28?,29?,30?,31?,32?,33?,34?,36+,37+,38+,39-/m0/s1. The first kappa shape index (κ1) is 47.4. The van der Waals surface area contributed by atoms with Crippen molar-refractivity contribution in [2.45, 2.75) is 175 Å². The minimum Gasteiger partial charge on any atom is -0.406 e. The molecule has 21 heteroatoms. The van der Waals surface area contributed by atoms with Crippen LogP contribution >= 0.6 is 0 Å². The smallest absolute Gasteiger partial charge is 0.348 e. The van der Waals surface area contributed by atoms with Crippen LogP contribution in [-0.4, -0.2) is 202 Å². The first-order valence-electron chi connectivity index (χ1n) is 21.2. The number of carbonyl (C=O) groups excluding carboxylic acids is 1. The van der Waals surface area contributed by atoms with E-state index in [-0.39, 0.29) is 11.8 Å². The first-order valence-corrected chi connectivity index (χ1v) is 21.2. The summed E-state index contributed by atoms with van der Waals surface area (Å²) in [4.78, 5) is 13.6. The topological polar surface area (TPSA) is 345 Å². The van der Waals surface area contributed by atoms with Crippen molar-refractivity contribution in [3.05, 3.63) is 12.2 Å². The van der Waals surface area contributed by atoms with Crippen LogP contribution in [0.4, 0.5) is 0 Å². The van der Waals surface area contributed by atoms with Gasteiger partial charge in [0.1, 0.15) is 79.9 Å². The van der Waals surface area contributed by atoms with E-state index in [9.17, 15) is 71.2 Å². The summed E-state index contributed by atoms with van der Waals surface area (Å²) in [6.07, 6.45) is -20.9. The molecular weight excluding hydrogens is 816 g/mol. The highest BCUT2D eigenvalue weighted by molar-refractivity contribution is 5.77. The molecule has 350 valence electrons. The van der Waals surface area contributed by atoms with Gasteiger partial charge in [-0.2, -0.15) is 0 Å². The van der Waals surface area contributed by atoms with Gasteiger partial charge in [-0.15, -0.1) is 0 Å². The summed E-state index contributed by atoms with van der Waals surface area (Å²) < 4.78 is 41.7. The number of aliphatic hydroxyl groups excluding tert-OH is 11. The number of fused-ring (bicyclic) bond motifs is 3. The number of hydrogen-bond donors (Lipinski definition) is 13. The van der Waals surface area contributed by atoms with E-state index in [0.717, 1.165) is 6.42 Å². The Bertz CT molecular complexity index is 1580. The highest BCUT2D eigenvalue weighted by Crippen LogP contribution is 2.73. The molecule has 13 N–H and O–H groups in total. The number of hydrogen-bond acceptors (Lipinski definition) is 21. The average Bonchev–Trinajstić information content (AvgIpc) is 3.42. The molecule has 21 atom stereocenters. The summed E-state index contributed by atoms with van der Waals surface area (Å²) in [6.45, 7) is 4.81. The van der Waals surface area contributed by atoms with E-state index in [1.54, 1.807) is 6.92 Å². The van der Waals surface area contributed by atoms with E-state index >= 15 is 0 Å². The lowest BCUT2D eigenvalue weighted by molar-refractivity contribution is -0.400. The second-order valence-corrected chi connectivity index (χ2v) is 19.0. The molecule has 7 aliphatic rings. The SMILES string of the molecule is C=C1C[C@@]23CCC4[C@](C)(C(=O)OC(O)(O)CO)CCC[C@@]4(C)[C@@H]2CC[C@]1(OC1OC(CO)C(O)C(OC2OC(CO)C(O)C(O)C2O)C1OC1OC(CO)C(O)C(O)C1O)C3. The Morgan fingerprint density at radius 1 is 0.689 bits per heavy atom. The Balaban J connectivity index is 1.20. The van der Waals surface area contributed by atoms with Gasteiger partial charge < -0.3 is 99.5 Å². The number of ether oxygens (including phenoxy) is 7. The molecule has 2 bridgehead atoms. The molecule has 0 aromatic rings. The van der Waals surface area contributed by atoms with Crippen molar-refractivity contribution < 1.29 is 104 Å². The summed E-state index contributed by atoms with van der Waals surface area (Å²) in [7, 11) is 0. The second kappa shape index (κ2) is 17.3. The lowest BCUT2D eigenvalue weighted by Crippen LogP contribution is -2.68. The van der Waals surface area contributed by atoms with E-state index in [0.29, 0.717) is 56.9 Å². The Labute approximate surface area is 352 Å². The summed E-state index contributed by atoms with van der Waals surface area (Å²) >= 11 is 0. The van der Waals surface area contributed by atoms with E-state index < -0.39 is 152 Å². The molecule has 4 saturated carbocycles. The molecule has 3 saturated heterocycles. The first-order chi connectivity index (χ1) is 28.6. The maximum atomic E-state index is 13.6. The Hall–Kier alpha value is -1.55. The summed E-state index contributed by atoms with van der Waals surface area (Å²) in [5.41, 5.74) is -2.31.